The van der Waals surface area contributed by atoms with Crippen LogP contribution in [-0.4, -0.2) is 31.2 Å². The molecule has 7 nitrogen and oxygen atoms in total. The van der Waals surface area contributed by atoms with Crippen LogP contribution >= 0.6 is 23.2 Å². The Morgan fingerprint density at radius 2 is 1.70 bits per heavy atom. The first-order valence-electron chi connectivity index (χ1n) is 9.87. The fraction of sp³-hybridized carbons (Fsp3) is 0.0870. The van der Waals surface area contributed by atoms with Gasteiger partial charge in [-0.2, -0.15) is 0 Å². The van der Waals surface area contributed by atoms with Crippen LogP contribution in [0.4, 0.5) is 11.4 Å². The summed E-state index contributed by atoms with van der Waals surface area (Å²) in [5, 5.41) is 3.81. The number of amides is 1. The van der Waals surface area contributed by atoms with Gasteiger partial charge in [0.05, 0.1) is 22.5 Å². The van der Waals surface area contributed by atoms with Gasteiger partial charge in [0, 0.05) is 29.0 Å². The number of benzene rings is 3. The fourth-order valence-corrected chi connectivity index (χ4v) is 4.30. The molecule has 1 amide bonds. The van der Waals surface area contributed by atoms with Crippen molar-refractivity contribution < 1.29 is 13.6 Å². The van der Waals surface area contributed by atoms with Gasteiger partial charge < -0.3 is 5.32 Å². The van der Waals surface area contributed by atoms with E-state index in [1.165, 1.54) is 24.5 Å². The van der Waals surface area contributed by atoms with Crippen molar-refractivity contribution in [2.24, 2.45) is 0 Å². The number of hydrogen-bond acceptors (Lipinski definition) is 4. The lowest BCUT2D eigenvalue weighted by Crippen LogP contribution is -2.29. The Morgan fingerprint density at radius 1 is 0.970 bits per heavy atom. The summed E-state index contributed by atoms with van der Waals surface area (Å²) in [4.78, 5) is 21.6. The van der Waals surface area contributed by atoms with Crippen LogP contribution in [0.2, 0.25) is 10.0 Å². The fourth-order valence-electron chi connectivity index (χ4n) is 3.37. The molecule has 2 N–H and O–H groups in total. The van der Waals surface area contributed by atoms with Gasteiger partial charge in [-0.25, -0.2) is 8.51 Å². The molecule has 10 heteroatoms. The number of aromatic nitrogens is 2. The van der Waals surface area contributed by atoms with Crippen molar-refractivity contribution in [3.8, 4) is 0 Å². The predicted molar refractivity (Wildman–Crippen MR) is 131 cm³/mol. The molecular weight excluding hydrogens is 483 g/mol. The minimum Gasteiger partial charge on any atom is -0.352 e. The van der Waals surface area contributed by atoms with Gasteiger partial charge in [-0.05, 0) is 54.4 Å². The molecule has 0 aliphatic rings. The first kappa shape index (κ1) is 23.1. The SMILES string of the molecule is O=C(NCCc1ccc(Cl)cc1)c1ccc(Cl)cc1N(c1cccc2nccnc12)S(=O)O. The number of nitrogens with zero attached hydrogens (tertiary/aromatic N) is 3. The maximum absolute atomic E-state index is 13.0. The van der Waals surface area contributed by atoms with Gasteiger partial charge in [0.1, 0.15) is 5.52 Å². The Hall–Kier alpha value is -3.04. The maximum Gasteiger partial charge on any atom is 0.266 e. The highest BCUT2D eigenvalue weighted by atomic mass is 35.5. The third-order valence-corrected chi connectivity index (χ3v) is 6.08. The molecule has 168 valence electrons. The molecule has 0 bridgehead atoms. The van der Waals surface area contributed by atoms with Crippen LogP contribution in [0.15, 0.2) is 73.1 Å². The van der Waals surface area contributed by atoms with Crippen LogP contribution in [-0.2, 0) is 17.7 Å². The normalized spacial score (nSPS) is 11.8. The highest BCUT2D eigenvalue weighted by Crippen LogP contribution is 2.35. The molecule has 1 aromatic heterocycles. The van der Waals surface area contributed by atoms with E-state index >= 15 is 0 Å². The summed E-state index contributed by atoms with van der Waals surface area (Å²) in [6.07, 6.45) is 3.62. The van der Waals surface area contributed by atoms with Gasteiger partial charge in [-0.3, -0.25) is 19.3 Å². The molecule has 0 radical (unpaired) electrons. The minimum atomic E-state index is -2.52. The van der Waals surface area contributed by atoms with Crippen LogP contribution in [0.25, 0.3) is 11.0 Å². The highest BCUT2D eigenvalue weighted by Gasteiger charge is 2.24. The zero-order valence-electron chi connectivity index (χ0n) is 17.1. The molecule has 1 unspecified atom stereocenters. The molecule has 0 spiro atoms. The van der Waals surface area contributed by atoms with Crippen molar-refractivity contribution in [2.45, 2.75) is 6.42 Å². The van der Waals surface area contributed by atoms with Crippen LogP contribution in [0.5, 0.6) is 0 Å². The van der Waals surface area contributed by atoms with Gasteiger partial charge in [0.15, 0.2) is 0 Å². The summed E-state index contributed by atoms with van der Waals surface area (Å²) >= 11 is 9.59. The highest BCUT2D eigenvalue weighted by molar-refractivity contribution is 7.81. The molecule has 4 rings (SSSR count). The molecule has 1 atom stereocenters. The number of nitrogens with one attached hydrogen (secondary N) is 1. The van der Waals surface area contributed by atoms with Crippen molar-refractivity contribution >= 4 is 62.8 Å². The van der Waals surface area contributed by atoms with E-state index in [2.05, 4.69) is 15.3 Å². The monoisotopic (exact) mass is 500 g/mol. The molecule has 1 heterocycles. The van der Waals surface area contributed by atoms with E-state index in [1.807, 2.05) is 12.1 Å². The number of para-hydroxylation sites is 1. The average Bonchev–Trinajstić information content (AvgIpc) is 2.80. The molecule has 0 aliphatic carbocycles. The number of halogens is 2. The third-order valence-electron chi connectivity index (χ3n) is 4.89. The molecule has 4 aromatic rings. The zero-order chi connectivity index (χ0) is 23.4. The molecule has 3 aromatic carbocycles. The Balaban J connectivity index is 1.66. The average molecular weight is 501 g/mol. The topological polar surface area (TPSA) is 95.4 Å². The van der Waals surface area contributed by atoms with Crippen molar-refractivity contribution in [1.29, 1.82) is 0 Å². The van der Waals surface area contributed by atoms with E-state index in [-0.39, 0.29) is 11.3 Å². The summed E-state index contributed by atoms with van der Waals surface area (Å²) in [6.45, 7) is 0.366. The van der Waals surface area contributed by atoms with Gasteiger partial charge in [0.25, 0.3) is 17.2 Å². The first-order chi connectivity index (χ1) is 15.9. The second-order valence-electron chi connectivity index (χ2n) is 7.02. The van der Waals surface area contributed by atoms with E-state index in [1.54, 1.807) is 36.4 Å². The largest absolute Gasteiger partial charge is 0.352 e. The summed E-state index contributed by atoms with van der Waals surface area (Å²) < 4.78 is 23.8. The van der Waals surface area contributed by atoms with E-state index in [4.69, 9.17) is 23.2 Å². The molecule has 0 aliphatic heterocycles. The maximum atomic E-state index is 13.0. The summed E-state index contributed by atoms with van der Waals surface area (Å²) in [6, 6.07) is 17.0. The molecule has 33 heavy (non-hydrogen) atoms. The lowest BCUT2D eigenvalue weighted by atomic mass is 10.1. The lowest BCUT2D eigenvalue weighted by Gasteiger charge is -2.23. The second kappa shape index (κ2) is 10.3. The van der Waals surface area contributed by atoms with Crippen molar-refractivity contribution in [1.82, 2.24) is 15.3 Å². The summed E-state index contributed by atoms with van der Waals surface area (Å²) in [5.74, 6) is -0.405. The van der Waals surface area contributed by atoms with E-state index in [0.717, 1.165) is 9.87 Å². The predicted octanol–water partition coefficient (Wildman–Crippen LogP) is 5.18. The molecule has 0 saturated heterocycles. The van der Waals surface area contributed by atoms with Gasteiger partial charge in [-0.1, -0.05) is 41.4 Å². The number of rotatable bonds is 7. The zero-order valence-corrected chi connectivity index (χ0v) is 19.4. The van der Waals surface area contributed by atoms with E-state index < -0.39 is 17.2 Å². The number of fused-ring (bicyclic) bond motifs is 1. The first-order valence-corrected chi connectivity index (χ1v) is 11.7. The Bertz CT molecular complexity index is 1330. The lowest BCUT2D eigenvalue weighted by molar-refractivity contribution is 0.0955. The van der Waals surface area contributed by atoms with Crippen LogP contribution in [0.3, 0.4) is 0 Å². The van der Waals surface area contributed by atoms with Gasteiger partial charge in [0.2, 0.25) is 0 Å². The number of hydrogen-bond donors (Lipinski definition) is 2. The van der Waals surface area contributed by atoms with E-state index in [9.17, 15) is 13.6 Å². The van der Waals surface area contributed by atoms with Crippen LogP contribution < -0.4 is 9.62 Å². The van der Waals surface area contributed by atoms with Gasteiger partial charge in [-0.15, -0.1) is 0 Å². The summed E-state index contributed by atoms with van der Waals surface area (Å²) in [5.41, 5.74) is 2.66. The standard InChI is InChI=1S/C23H18Cl2N4O3S/c24-16-6-4-15(5-7-16)10-11-28-23(30)18-9-8-17(25)14-21(18)29(33(31)32)20-3-1-2-19-22(20)27-13-12-26-19/h1-9,12-14H,10-11H2,(H,28,30)(H,31,32). The number of anilines is 2. The Labute approximate surface area is 202 Å². The third kappa shape index (κ3) is 5.31. The quantitative estimate of drug-likeness (QED) is 0.340. The smallest absolute Gasteiger partial charge is 0.266 e. The Morgan fingerprint density at radius 3 is 2.45 bits per heavy atom. The van der Waals surface area contributed by atoms with Crippen molar-refractivity contribution in [3.05, 3.63) is 94.2 Å². The van der Waals surface area contributed by atoms with Crippen LogP contribution in [0.1, 0.15) is 15.9 Å². The minimum absolute atomic E-state index is 0.172. The number of carbonyl (C=O) groups is 1. The van der Waals surface area contributed by atoms with E-state index in [0.29, 0.717) is 39.7 Å². The number of carbonyl (C=O) groups excluding carboxylic acids is 1. The Kier molecular flexibility index (Phi) is 7.20. The molecule has 0 fully saturated rings. The van der Waals surface area contributed by atoms with Crippen molar-refractivity contribution in [2.75, 3.05) is 10.8 Å². The second-order valence-corrected chi connectivity index (χ2v) is 8.72. The molecular formula is C23H18Cl2N4O3S. The summed E-state index contributed by atoms with van der Waals surface area (Å²) in [7, 11) is 0. The molecule has 0 saturated carbocycles. The van der Waals surface area contributed by atoms with Crippen LogP contribution in [0, 0.1) is 0 Å². The van der Waals surface area contributed by atoms with Gasteiger partial charge >= 0.3 is 0 Å². The van der Waals surface area contributed by atoms with Crippen molar-refractivity contribution in [3.63, 3.8) is 0 Å².